The van der Waals surface area contributed by atoms with Gasteiger partial charge in [0.1, 0.15) is 16.9 Å². The van der Waals surface area contributed by atoms with E-state index in [1.54, 1.807) is 6.07 Å². The molecule has 9 heteroatoms. The Labute approximate surface area is 154 Å². The lowest BCUT2D eigenvalue weighted by molar-refractivity contribution is -0.118. The standard InChI is InChI=1S/C17H20FN5O2S/c1-8-4-15(26-23-8)22-12-7-13(11(18)6-10(12)16(19)24)21-14(17(20)25)5-9-2-3-9/h4,6-7,9,14,21-22H,2-3,5H2,1H3,(H2,19,24)(H2,20,25). The molecule has 7 nitrogen and oxygen atoms in total. The van der Waals surface area contributed by atoms with Gasteiger partial charge in [-0.3, -0.25) is 9.59 Å². The van der Waals surface area contributed by atoms with Crippen LogP contribution in [0.3, 0.4) is 0 Å². The molecule has 1 unspecified atom stereocenters. The fourth-order valence-electron chi connectivity index (χ4n) is 2.67. The molecule has 0 aliphatic heterocycles. The summed E-state index contributed by atoms with van der Waals surface area (Å²) in [6, 6.07) is 3.60. The Kier molecular flexibility index (Phi) is 5.08. The number of nitrogens with zero attached hydrogens (tertiary/aromatic N) is 1. The zero-order valence-corrected chi connectivity index (χ0v) is 15.0. The molecule has 138 valence electrons. The predicted octanol–water partition coefficient (Wildman–Crippen LogP) is 2.50. The molecule has 0 spiro atoms. The third-order valence-corrected chi connectivity index (χ3v) is 4.99. The van der Waals surface area contributed by atoms with Crippen molar-refractivity contribution in [3.8, 4) is 0 Å². The van der Waals surface area contributed by atoms with Gasteiger partial charge in [-0.05, 0) is 49.0 Å². The van der Waals surface area contributed by atoms with Crippen molar-refractivity contribution in [2.75, 3.05) is 10.6 Å². The van der Waals surface area contributed by atoms with Crippen molar-refractivity contribution < 1.29 is 14.0 Å². The number of nitrogens with one attached hydrogen (secondary N) is 2. The van der Waals surface area contributed by atoms with Crippen molar-refractivity contribution in [3.05, 3.63) is 35.3 Å². The Hall–Kier alpha value is -2.68. The van der Waals surface area contributed by atoms with Gasteiger partial charge in [0.2, 0.25) is 5.91 Å². The molecule has 26 heavy (non-hydrogen) atoms. The summed E-state index contributed by atoms with van der Waals surface area (Å²) in [5.74, 6) is -1.54. The number of benzene rings is 1. The van der Waals surface area contributed by atoms with Gasteiger partial charge in [0.05, 0.1) is 22.6 Å². The number of rotatable bonds is 8. The molecule has 1 atom stereocenters. The second-order valence-corrected chi connectivity index (χ2v) is 7.28. The first-order chi connectivity index (χ1) is 12.3. The zero-order chi connectivity index (χ0) is 18.8. The average Bonchev–Trinajstić information content (AvgIpc) is 3.29. The first-order valence-electron chi connectivity index (χ1n) is 8.23. The van der Waals surface area contributed by atoms with E-state index >= 15 is 0 Å². The summed E-state index contributed by atoms with van der Waals surface area (Å²) in [6.07, 6.45) is 2.65. The summed E-state index contributed by atoms with van der Waals surface area (Å²) in [4.78, 5) is 23.3. The Balaban J connectivity index is 1.90. The van der Waals surface area contributed by atoms with Crippen LogP contribution in [0.25, 0.3) is 0 Å². The Bertz CT molecular complexity index is 850. The van der Waals surface area contributed by atoms with Crippen molar-refractivity contribution in [1.82, 2.24) is 4.37 Å². The lowest BCUT2D eigenvalue weighted by Crippen LogP contribution is -2.36. The summed E-state index contributed by atoms with van der Waals surface area (Å²) in [5.41, 5.74) is 12.0. The van der Waals surface area contributed by atoms with E-state index in [2.05, 4.69) is 15.0 Å². The van der Waals surface area contributed by atoms with E-state index in [-0.39, 0.29) is 11.3 Å². The maximum absolute atomic E-state index is 14.5. The van der Waals surface area contributed by atoms with E-state index < -0.39 is 23.7 Å². The molecule has 0 radical (unpaired) electrons. The summed E-state index contributed by atoms with van der Waals surface area (Å²) in [7, 11) is 0. The average molecular weight is 377 g/mol. The van der Waals surface area contributed by atoms with Crippen LogP contribution >= 0.6 is 11.5 Å². The number of halogens is 1. The number of primary amides is 2. The van der Waals surface area contributed by atoms with Crippen LogP contribution in [-0.4, -0.2) is 22.2 Å². The van der Waals surface area contributed by atoms with Gasteiger partial charge in [-0.2, -0.15) is 4.37 Å². The van der Waals surface area contributed by atoms with Crippen LogP contribution in [0.1, 0.15) is 35.3 Å². The molecule has 0 saturated heterocycles. The van der Waals surface area contributed by atoms with Crippen LogP contribution in [0, 0.1) is 18.7 Å². The molecule has 6 N–H and O–H groups in total. The summed E-state index contributed by atoms with van der Waals surface area (Å²) in [5, 5.41) is 6.58. The number of nitrogens with two attached hydrogens (primary N) is 2. The van der Waals surface area contributed by atoms with Crippen molar-refractivity contribution in [3.63, 3.8) is 0 Å². The molecule has 2 aromatic rings. The second-order valence-electron chi connectivity index (χ2n) is 6.48. The maximum Gasteiger partial charge on any atom is 0.250 e. The minimum atomic E-state index is -0.761. The number of amides is 2. The number of hydrogen-bond acceptors (Lipinski definition) is 6. The number of carbonyl (C=O) groups excluding carboxylic acids is 2. The van der Waals surface area contributed by atoms with E-state index in [0.29, 0.717) is 23.0 Å². The number of carbonyl (C=O) groups is 2. The van der Waals surface area contributed by atoms with Crippen LogP contribution in [0.4, 0.5) is 20.8 Å². The highest BCUT2D eigenvalue weighted by Gasteiger charge is 2.29. The first-order valence-corrected chi connectivity index (χ1v) is 9.00. The molecule has 2 amide bonds. The molecule has 1 heterocycles. The van der Waals surface area contributed by atoms with Gasteiger partial charge < -0.3 is 22.1 Å². The Morgan fingerprint density at radius 3 is 2.58 bits per heavy atom. The highest BCUT2D eigenvalue weighted by atomic mass is 32.1. The van der Waals surface area contributed by atoms with Gasteiger partial charge in [0.25, 0.3) is 5.91 Å². The van der Waals surface area contributed by atoms with Gasteiger partial charge in [-0.25, -0.2) is 4.39 Å². The van der Waals surface area contributed by atoms with Gasteiger partial charge in [0, 0.05) is 0 Å². The quantitative estimate of drug-likeness (QED) is 0.563. The highest BCUT2D eigenvalue weighted by Crippen LogP contribution is 2.35. The zero-order valence-electron chi connectivity index (χ0n) is 14.2. The van der Waals surface area contributed by atoms with Crippen LogP contribution in [-0.2, 0) is 4.79 Å². The highest BCUT2D eigenvalue weighted by molar-refractivity contribution is 7.10. The smallest absolute Gasteiger partial charge is 0.250 e. The van der Waals surface area contributed by atoms with Crippen LogP contribution in [0.15, 0.2) is 18.2 Å². The lowest BCUT2D eigenvalue weighted by Gasteiger charge is -2.19. The Morgan fingerprint density at radius 1 is 1.31 bits per heavy atom. The van der Waals surface area contributed by atoms with E-state index in [1.807, 2.05) is 6.92 Å². The van der Waals surface area contributed by atoms with E-state index in [4.69, 9.17) is 11.5 Å². The molecule has 1 aromatic carbocycles. The van der Waals surface area contributed by atoms with Crippen molar-refractivity contribution >= 4 is 39.7 Å². The molecule has 1 aromatic heterocycles. The lowest BCUT2D eigenvalue weighted by atomic mass is 10.1. The summed E-state index contributed by atoms with van der Waals surface area (Å²) in [6.45, 7) is 1.84. The van der Waals surface area contributed by atoms with Gasteiger partial charge in [0.15, 0.2) is 0 Å². The van der Waals surface area contributed by atoms with Crippen molar-refractivity contribution in [2.45, 2.75) is 32.2 Å². The third-order valence-electron chi connectivity index (χ3n) is 4.20. The first kappa shape index (κ1) is 18.1. The predicted molar refractivity (Wildman–Crippen MR) is 99.0 cm³/mol. The number of aryl methyl sites for hydroxylation is 1. The molecule has 0 bridgehead atoms. The normalized spacial score (nSPS) is 14.7. The summed E-state index contributed by atoms with van der Waals surface area (Å²) >= 11 is 1.21. The molecule has 3 rings (SSSR count). The van der Waals surface area contributed by atoms with E-state index in [1.165, 1.54) is 17.6 Å². The molecule has 1 aliphatic carbocycles. The van der Waals surface area contributed by atoms with Crippen LogP contribution in [0.5, 0.6) is 0 Å². The molecule has 1 saturated carbocycles. The number of anilines is 3. The second kappa shape index (κ2) is 7.28. The fourth-order valence-corrected chi connectivity index (χ4v) is 3.34. The SMILES string of the molecule is Cc1cc(Nc2cc(NC(CC3CC3)C(N)=O)c(F)cc2C(N)=O)sn1. The summed E-state index contributed by atoms with van der Waals surface area (Å²) < 4.78 is 18.6. The largest absolute Gasteiger partial charge is 0.371 e. The van der Waals surface area contributed by atoms with Crippen LogP contribution in [0.2, 0.25) is 0 Å². The molecule has 1 fully saturated rings. The van der Waals surface area contributed by atoms with Gasteiger partial charge in [-0.1, -0.05) is 12.8 Å². The van der Waals surface area contributed by atoms with Crippen molar-refractivity contribution in [1.29, 1.82) is 0 Å². The fraction of sp³-hybridized carbons (Fsp3) is 0.353. The van der Waals surface area contributed by atoms with Gasteiger partial charge in [-0.15, -0.1) is 0 Å². The molecule has 1 aliphatic rings. The topological polar surface area (TPSA) is 123 Å². The molecular formula is C17H20FN5O2S. The van der Waals surface area contributed by atoms with E-state index in [9.17, 15) is 14.0 Å². The Morgan fingerprint density at radius 2 is 2.04 bits per heavy atom. The third kappa shape index (κ3) is 4.29. The maximum atomic E-state index is 14.5. The van der Waals surface area contributed by atoms with Gasteiger partial charge >= 0.3 is 0 Å². The van der Waals surface area contributed by atoms with Crippen molar-refractivity contribution in [2.24, 2.45) is 17.4 Å². The number of hydrogen-bond donors (Lipinski definition) is 4. The number of aromatic nitrogens is 1. The van der Waals surface area contributed by atoms with E-state index in [0.717, 1.165) is 24.6 Å². The monoisotopic (exact) mass is 377 g/mol. The molecular weight excluding hydrogens is 357 g/mol. The van der Waals surface area contributed by atoms with Crippen LogP contribution < -0.4 is 22.1 Å². The minimum Gasteiger partial charge on any atom is -0.371 e. The minimum absolute atomic E-state index is 0.0110.